The van der Waals surface area contributed by atoms with Crippen molar-refractivity contribution in [2.75, 3.05) is 11.9 Å². The molecule has 0 aliphatic carbocycles. The van der Waals surface area contributed by atoms with Crippen molar-refractivity contribution >= 4 is 5.82 Å². The number of aromatic nitrogens is 2. The first-order chi connectivity index (χ1) is 9.13. The Balaban J connectivity index is 2.12. The van der Waals surface area contributed by atoms with Crippen LogP contribution >= 0.6 is 0 Å². The van der Waals surface area contributed by atoms with Crippen LogP contribution in [-0.2, 0) is 5.41 Å². The molecule has 0 unspecified atom stereocenters. The summed E-state index contributed by atoms with van der Waals surface area (Å²) in [5, 5.41) is 12.2. The number of nitrogens with zero attached hydrogens (tertiary/aromatic N) is 3. The van der Waals surface area contributed by atoms with E-state index >= 15 is 0 Å². The molecule has 0 saturated carbocycles. The van der Waals surface area contributed by atoms with Gasteiger partial charge in [0.25, 0.3) is 0 Å². The summed E-state index contributed by atoms with van der Waals surface area (Å²) in [5.74, 6) is 0.536. The van der Waals surface area contributed by atoms with Crippen LogP contribution < -0.4 is 5.32 Å². The lowest BCUT2D eigenvalue weighted by Gasteiger charge is -2.26. The van der Waals surface area contributed by atoms with Crippen molar-refractivity contribution in [1.29, 1.82) is 5.26 Å². The lowest BCUT2D eigenvalue weighted by molar-refractivity contribution is 0.556. The van der Waals surface area contributed by atoms with E-state index in [0.29, 0.717) is 18.1 Å². The summed E-state index contributed by atoms with van der Waals surface area (Å²) >= 11 is 0. The summed E-state index contributed by atoms with van der Waals surface area (Å²) in [7, 11) is 0. The highest BCUT2D eigenvalue weighted by Crippen LogP contribution is 2.23. The van der Waals surface area contributed by atoms with Gasteiger partial charge in [0.2, 0.25) is 0 Å². The average Bonchev–Trinajstić information content (AvgIpc) is 2.46. The maximum Gasteiger partial charge on any atom is 0.182 e. The molecule has 0 bridgehead atoms. The second kappa shape index (κ2) is 5.49. The smallest absolute Gasteiger partial charge is 0.182 e. The second-order valence-corrected chi connectivity index (χ2v) is 4.97. The van der Waals surface area contributed by atoms with E-state index in [-0.39, 0.29) is 5.41 Å². The van der Waals surface area contributed by atoms with E-state index < -0.39 is 0 Å². The number of nitrogens with one attached hydrogen (secondary N) is 1. The third-order valence-electron chi connectivity index (χ3n) is 3.06. The Bertz CT molecular complexity index is 585. The van der Waals surface area contributed by atoms with Crippen LogP contribution in [0, 0.1) is 11.3 Å². The van der Waals surface area contributed by atoms with Gasteiger partial charge in [0.1, 0.15) is 6.07 Å². The van der Waals surface area contributed by atoms with Crippen LogP contribution in [0.1, 0.15) is 25.1 Å². The highest BCUT2D eigenvalue weighted by atomic mass is 15.0. The van der Waals surface area contributed by atoms with Crippen molar-refractivity contribution < 1.29 is 0 Å². The van der Waals surface area contributed by atoms with E-state index in [1.54, 1.807) is 6.20 Å². The topological polar surface area (TPSA) is 61.6 Å². The first kappa shape index (κ1) is 13.0. The number of nitriles is 1. The minimum absolute atomic E-state index is 0.0501. The van der Waals surface area contributed by atoms with Crippen molar-refractivity contribution in [3.8, 4) is 6.07 Å². The average molecular weight is 252 g/mol. The van der Waals surface area contributed by atoms with E-state index in [2.05, 4.69) is 41.3 Å². The van der Waals surface area contributed by atoms with Crippen molar-refractivity contribution in [2.24, 2.45) is 0 Å². The molecule has 96 valence electrons. The predicted octanol–water partition coefficient (Wildman–Crippen LogP) is 2.74. The molecule has 19 heavy (non-hydrogen) atoms. The molecule has 0 amide bonds. The van der Waals surface area contributed by atoms with Gasteiger partial charge in [-0.15, -0.1) is 0 Å². The Morgan fingerprint density at radius 3 is 2.53 bits per heavy atom. The van der Waals surface area contributed by atoms with E-state index in [1.807, 2.05) is 24.3 Å². The standard InChI is InChI=1S/C15H16N4/c1-15(2,12-6-4-3-5-7-12)11-19-14-13(10-16)17-8-9-18-14/h3-9H,11H2,1-2H3,(H,18,19). The normalized spacial score (nSPS) is 10.8. The zero-order valence-electron chi connectivity index (χ0n) is 11.1. The molecule has 2 rings (SSSR count). The molecule has 0 radical (unpaired) electrons. The van der Waals surface area contributed by atoms with Gasteiger partial charge in [0, 0.05) is 24.4 Å². The molecule has 1 aromatic heterocycles. The van der Waals surface area contributed by atoms with Crippen molar-refractivity contribution in [2.45, 2.75) is 19.3 Å². The minimum atomic E-state index is -0.0501. The second-order valence-electron chi connectivity index (χ2n) is 4.97. The number of hydrogen-bond donors (Lipinski definition) is 1. The zero-order valence-corrected chi connectivity index (χ0v) is 11.1. The van der Waals surface area contributed by atoms with Gasteiger partial charge in [-0.3, -0.25) is 0 Å². The molecule has 0 saturated heterocycles. The summed E-state index contributed by atoms with van der Waals surface area (Å²) < 4.78 is 0. The quantitative estimate of drug-likeness (QED) is 0.908. The van der Waals surface area contributed by atoms with Gasteiger partial charge in [-0.1, -0.05) is 44.2 Å². The van der Waals surface area contributed by atoms with Crippen LogP contribution in [0.5, 0.6) is 0 Å². The molecule has 0 atom stereocenters. The zero-order chi connectivity index (χ0) is 13.7. The Labute approximate surface area is 113 Å². The van der Waals surface area contributed by atoms with Crippen LogP contribution in [0.15, 0.2) is 42.7 Å². The van der Waals surface area contributed by atoms with Crippen LogP contribution in [0.25, 0.3) is 0 Å². The molecule has 2 aromatic rings. The summed E-state index contributed by atoms with van der Waals surface area (Å²) in [6.07, 6.45) is 3.10. The molecule has 1 aromatic carbocycles. The Morgan fingerprint density at radius 2 is 1.84 bits per heavy atom. The Morgan fingerprint density at radius 1 is 1.16 bits per heavy atom. The molecule has 0 fully saturated rings. The molecule has 0 aliphatic heterocycles. The molecular formula is C15H16N4. The van der Waals surface area contributed by atoms with Crippen molar-refractivity contribution in [3.63, 3.8) is 0 Å². The molecule has 1 heterocycles. The van der Waals surface area contributed by atoms with Crippen molar-refractivity contribution in [3.05, 3.63) is 54.0 Å². The summed E-state index contributed by atoms with van der Waals surface area (Å²) in [6.45, 7) is 4.99. The molecule has 0 spiro atoms. The van der Waals surface area contributed by atoms with Crippen molar-refractivity contribution in [1.82, 2.24) is 9.97 Å². The first-order valence-corrected chi connectivity index (χ1v) is 6.14. The third-order valence-corrected chi connectivity index (χ3v) is 3.06. The lowest BCUT2D eigenvalue weighted by Crippen LogP contribution is -2.28. The highest BCUT2D eigenvalue weighted by Gasteiger charge is 2.20. The fourth-order valence-corrected chi connectivity index (χ4v) is 1.85. The minimum Gasteiger partial charge on any atom is -0.367 e. The van der Waals surface area contributed by atoms with Gasteiger partial charge < -0.3 is 5.32 Å². The number of anilines is 1. The van der Waals surface area contributed by atoms with E-state index in [9.17, 15) is 0 Å². The number of benzene rings is 1. The predicted molar refractivity (Wildman–Crippen MR) is 74.7 cm³/mol. The molecule has 0 aliphatic rings. The maximum absolute atomic E-state index is 8.97. The van der Waals surface area contributed by atoms with E-state index in [1.165, 1.54) is 11.8 Å². The summed E-state index contributed by atoms with van der Waals surface area (Å²) in [4.78, 5) is 8.13. The van der Waals surface area contributed by atoms with Gasteiger partial charge in [0.15, 0.2) is 11.5 Å². The van der Waals surface area contributed by atoms with Crippen LogP contribution in [0.4, 0.5) is 5.82 Å². The van der Waals surface area contributed by atoms with Gasteiger partial charge in [0.05, 0.1) is 0 Å². The number of rotatable bonds is 4. The molecule has 1 N–H and O–H groups in total. The van der Waals surface area contributed by atoms with E-state index in [0.717, 1.165) is 0 Å². The summed E-state index contributed by atoms with van der Waals surface area (Å²) in [6, 6.07) is 12.3. The lowest BCUT2D eigenvalue weighted by atomic mass is 9.84. The monoisotopic (exact) mass is 252 g/mol. The van der Waals surface area contributed by atoms with Crippen LogP contribution in [0.2, 0.25) is 0 Å². The van der Waals surface area contributed by atoms with Gasteiger partial charge in [-0.2, -0.15) is 5.26 Å². The van der Waals surface area contributed by atoms with Gasteiger partial charge in [-0.25, -0.2) is 9.97 Å². The first-order valence-electron chi connectivity index (χ1n) is 6.14. The highest BCUT2D eigenvalue weighted by molar-refractivity contribution is 5.47. The Kier molecular flexibility index (Phi) is 3.76. The number of hydrogen-bond acceptors (Lipinski definition) is 4. The molecule has 4 nitrogen and oxygen atoms in total. The fraction of sp³-hybridized carbons (Fsp3) is 0.267. The van der Waals surface area contributed by atoms with E-state index in [4.69, 9.17) is 5.26 Å². The molecule has 4 heteroatoms. The third kappa shape index (κ3) is 3.08. The fourth-order valence-electron chi connectivity index (χ4n) is 1.85. The van der Waals surface area contributed by atoms with Crippen LogP contribution in [-0.4, -0.2) is 16.5 Å². The SMILES string of the molecule is CC(C)(CNc1nccnc1C#N)c1ccccc1. The summed E-state index contributed by atoms with van der Waals surface area (Å²) in [5.41, 5.74) is 1.52. The Hall–Kier alpha value is -2.41. The van der Waals surface area contributed by atoms with Crippen LogP contribution in [0.3, 0.4) is 0 Å². The van der Waals surface area contributed by atoms with Gasteiger partial charge >= 0.3 is 0 Å². The van der Waals surface area contributed by atoms with Gasteiger partial charge in [-0.05, 0) is 5.56 Å². The maximum atomic E-state index is 8.97. The largest absolute Gasteiger partial charge is 0.367 e. The molecular weight excluding hydrogens is 236 g/mol.